The molecule has 2 aliphatic rings. The molecule has 0 bridgehead atoms. The Labute approximate surface area is 188 Å². The smallest absolute Gasteiger partial charge is 0.326 e. The molecule has 0 radical (unpaired) electrons. The first-order valence-corrected chi connectivity index (χ1v) is 11.0. The number of hydrogen-bond acceptors (Lipinski definition) is 6. The fourth-order valence-electron chi connectivity index (χ4n) is 4.29. The highest BCUT2D eigenvalue weighted by atomic mass is 16.5. The Balaban J connectivity index is 1.48. The maximum absolute atomic E-state index is 12.9. The molecule has 0 aromatic heterocycles. The molecule has 1 aromatic rings. The first-order valence-electron chi connectivity index (χ1n) is 11.0. The van der Waals surface area contributed by atoms with Crippen LogP contribution in [0.4, 0.5) is 4.79 Å². The zero-order valence-electron chi connectivity index (χ0n) is 18.9. The largest absolute Gasteiger partial charge is 0.494 e. The van der Waals surface area contributed by atoms with Crippen LogP contribution in [0, 0.1) is 5.92 Å². The fourth-order valence-corrected chi connectivity index (χ4v) is 4.29. The van der Waals surface area contributed by atoms with E-state index in [-0.39, 0.29) is 17.7 Å². The van der Waals surface area contributed by atoms with Gasteiger partial charge in [0, 0.05) is 13.6 Å². The minimum Gasteiger partial charge on any atom is -0.494 e. The summed E-state index contributed by atoms with van der Waals surface area (Å²) in [5.74, 6) is -0.806. The molecule has 2 unspecified atom stereocenters. The summed E-state index contributed by atoms with van der Waals surface area (Å²) in [6.07, 6.45) is 3.28. The lowest BCUT2D eigenvalue weighted by Gasteiger charge is -2.36. The highest BCUT2D eigenvalue weighted by Gasteiger charge is 2.55. The van der Waals surface area contributed by atoms with Crippen LogP contribution in [-0.4, -0.2) is 66.0 Å². The van der Waals surface area contributed by atoms with Crippen molar-refractivity contribution in [1.29, 1.82) is 0 Å². The molecule has 2 fully saturated rings. The van der Waals surface area contributed by atoms with Crippen molar-refractivity contribution in [3.63, 3.8) is 0 Å². The second-order valence-corrected chi connectivity index (χ2v) is 8.43. The number of hydrogen-bond donors (Lipinski definition) is 1. The first-order chi connectivity index (χ1) is 15.3. The predicted molar refractivity (Wildman–Crippen MR) is 116 cm³/mol. The van der Waals surface area contributed by atoms with Crippen molar-refractivity contribution in [2.75, 3.05) is 26.8 Å². The number of imide groups is 1. The van der Waals surface area contributed by atoms with E-state index < -0.39 is 30.7 Å². The van der Waals surface area contributed by atoms with Crippen molar-refractivity contribution < 1.29 is 28.7 Å². The van der Waals surface area contributed by atoms with Gasteiger partial charge < -0.3 is 19.7 Å². The van der Waals surface area contributed by atoms with Crippen molar-refractivity contribution in [3.05, 3.63) is 29.8 Å². The Morgan fingerprint density at radius 2 is 1.94 bits per heavy atom. The first kappa shape index (κ1) is 23.6. The summed E-state index contributed by atoms with van der Waals surface area (Å²) in [6.45, 7) is 3.80. The monoisotopic (exact) mass is 445 g/mol. The molecule has 1 aliphatic carbocycles. The molecule has 1 aromatic carbocycles. The number of likely N-dealkylation sites (N-methyl/N-ethyl adjacent to an activating group) is 1. The van der Waals surface area contributed by atoms with Crippen LogP contribution in [0.3, 0.4) is 0 Å². The molecule has 9 nitrogen and oxygen atoms in total. The average Bonchev–Trinajstić information content (AvgIpc) is 3.00. The summed E-state index contributed by atoms with van der Waals surface area (Å²) in [5, 5.41) is 2.79. The van der Waals surface area contributed by atoms with Gasteiger partial charge in [-0.25, -0.2) is 4.79 Å². The van der Waals surface area contributed by atoms with Crippen LogP contribution in [0.2, 0.25) is 0 Å². The molecule has 1 aliphatic heterocycles. The van der Waals surface area contributed by atoms with Crippen LogP contribution in [0.5, 0.6) is 5.75 Å². The molecular weight excluding hydrogens is 414 g/mol. The van der Waals surface area contributed by atoms with Crippen molar-refractivity contribution in [1.82, 2.24) is 15.1 Å². The van der Waals surface area contributed by atoms with E-state index in [2.05, 4.69) is 5.32 Å². The number of urea groups is 1. The van der Waals surface area contributed by atoms with Crippen molar-refractivity contribution in [2.24, 2.45) is 5.92 Å². The predicted octanol–water partition coefficient (Wildman–Crippen LogP) is 2.09. The molecule has 174 valence electrons. The maximum atomic E-state index is 12.9. The molecule has 3 rings (SSSR count). The van der Waals surface area contributed by atoms with Gasteiger partial charge in [0.25, 0.3) is 11.8 Å². The van der Waals surface area contributed by atoms with E-state index in [4.69, 9.17) is 9.47 Å². The van der Waals surface area contributed by atoms with Gasteiger partial charge in [-0.15, -0.1) is 0 Å². The fraction of sp³-hybridized carbons (Fsp3) is 0.565. The Hall–Kier alpha value is -3.10. The van der Waals surface area contributed by atoms with Gasteiger partial charge in [-0.1, -0.05) is 31.9 Å². The Bertz CT molecular complexity index is 871. The molecular formula is C23H31N3O6. The minimum absolute atomic E-state index is 0.00606. The topological polar surface area (TPSA) is 105 Å². The number of esters is 1. The number of nitrogens with zero attached hydrogens (tertiary/aromatic N) is 2. The Morgan fingerprint density at radius 1 is 1.22 bits per heavy atom. The molecule has 1 saturated heterocycles. The molecule has 32 heavy (non-hydrogen) atoms. The number of rotatable bonds is 8. The summed E-state index contributed by atoms with van der Waals surface area (Å²) < 4.78 is 10.4. The van der Waals surface area contributed by atoms with Crippen molar-refractivity contribution in [3.8, 4) is 5.75 Å². The quantitative estimate of drug-likeness (QED) is 0.485. The number of carbonyl (C=O) groups excluding carboxylic acids is 4. The van der Waals surface area contributed by atoms with Gasteiger partial charge >= 0.3 is 12.0 Å². The number of carbonyl (C=O) groups is 4. The number of nitrogens with one attached hydrogen (secondary N) is 1. The van der Waals surface area contributed by atoms with Crippen LogP contribution >= 0.6 is 0 Å². The second-order valence-electron chi connectivity index (χ2n) is 8.43. The minimum atomic E-state index is -0.927. The third-order valence-electron chi connectivity index (χ3n) is 6.23. The number of amides is 4. The van der Waals surface area contributed by atoms with Gasteiger partial charge in [-0.3, -0.25) is 19.3 Å². The van der Waals surface area contributed by atoms with E-state index in [1.807, 2.05) is 38.1 Å². The summed E-state index contributed by atoms with van der Waals surface area (Å²) in [4.78, 5) is 52.2. The summed E-state index contributed by atoms with van der Waals surface area (Å²) in [7, 11) is 1.61. The van der Waals surface area contributed by atoms with Crippen LogP contribution in [0.25, 0.3) is 0 Å². The molecule has 1 heterocycles. The third-order valence-corrected chi connectivity index (χ3v) is 6.23. The van der Waals surface area contributed by atoms with Gasteiger partial charge in [0.05, 0.1) is 6.61 Å². The van der Waals surface area contributed by atoms with Crippen molar-refractivity contribution >= 4 is 23.8 Å². The summed E-state index contributed by atoms with van der Waals surface area (Å²) in [6, 6.07) is 6.80. The summed E-state index contributed by atoms with van der Waals surface area (Å²) >= 11 is 0. The lowest BCUT2D eigenvalue weighted by atomic mass is 9.73. The third kappa shape index (κ3) is 5.03. The zero-order chi connectivity index (χ0) is 23.3. The van der Waals surface area contributed by atoms with E-state index >= 15 is 0 Å². The normalized spacial score (nSPS) is 22.6. The molecule has 9 heteroatoms. The lowest BCUT2D eigenvalue weighted by Crippen LogP contribution is -2.54. The van der Waals surface area contributed by atoms with Crippen LogP contribution in [0.15, 0.2) is 24.3 Å². The maximum Gasteiger partial charge on any atom is 0.326 e. The van der Waals surface area contributed by atoms with Gasteiger partial charge in [-0.05, 0) is 43.4 Å². The molecule has 1 spiro atoms. The van der Waals surface area contributed by atoms with Gasteiger partial charge in [0.15, 0.2) is 6.61 Å². The highest BCUT2D eigenvalue weighted by Crippen LogP contribution is 2.38. The van der Waals surface area contributed by atoms with Gasteiger partial charge in [0.1, 0.15) is 17.8 Å². The number of benzene rings is 1. The Kier molecular flexibility index (Phi) is 7.37. The van der Waals surface area contributed by atoms with Gasteiger partial charge in [-0.2, -0.15) is 0 Å². The van der Waals surface area contributed by atoms with Gasteiger partial charge in [0.2, 0.25) is 0 Å². The van der Waals surface area contributed by atoms with Crippen LogP contribution < -0.4 is 10.1 Å². The lowest BCUT2D eigenvalue weighted by molar-refractivity contribution is -0.153. The van der Waals surface area contributed by atoms with Crippen molar-refractivity contribution in [2.45, 2.75) is 51.6 Å². The molecule has 1 saturated carbocycles. The Morgan fingerprint density at radius 3 is 2.59 bits per heavy atom. The second kappa shape index (κ2) is 10.0. The molecule has 2 atom stereocenters. The zero-order valence-corrected chi connectivity index (χ0v) is 18.9. The van der Waals surface area contributed by atoms with Crippen LogP contribution in [-0.2, 0) is 25.7 Å². The van der Waals surface area contributed by atoms with Crippen LogP contribution in [0.1, 0.15) is 45.1 Å². The number of ether oxygens (including phenoxy) is 2. The summed E-state index contributed by atoms with van der Waals surface area (Å²) in [5.41, 5.74) is -0.0227. The average molecular weight is 446 g/mol. The highest BCUT2D eigenvalue weighted by molar-refractivity contribution is 6.09. The SMILES string of the molecule is CCOc1ccc(CN(C)C(=O)COC(=O)CN2C(=O)NC3(CCCCC3C)C2=O)cc1. The molecule has 1 N–H and O–H groups in total. The standard InChI is InChI=1S/C23H31N3O6/c1-4-31-18-10-8-17(9-11-18)13-25(3)19(27)15-32-20(28)14-26-21(29)23(24-22(26)30)12-6-5-7-16(23)2/h8-11,16H,4-7,12-15H2,1-3H3,(H,24,30). The van der Waals surface area contributed by atoms with E-state index in [1.165, 1.54) is 4.90 Å². The van der Waals surface area contributed by atoms with E-state index in [1.54, 1.807) is 7.05 Å². The molecule has 4 amide bonds. The van der Waals surface area contributed by atoms with E-state index in [9.17, 15) is 19.2 Å². The van der Waals surface area contributed by atoms with E-state index in [0.29, 0.717) is 19.6 Å². The van der Waals surface area contributed by atoms with E-state index in [0.717, 1.165) is 35.5 Å².